The summed E-state index contributed by atoms with van der Waals surface area (Å²) in [6.45, 7) is 1.87. The molecule has 1 unspecified atom stereocenters. The first-order valence-electron chi connectivity index (χ1n) is 4.88. The highest BCUT2D eigenvalue weighted by atomic mass is 79.9. The molecule has 0 saturated heterocycles. The maximum absolute atomic E-state index is 13.4. The minimum atomic E-state index is -0.865. The molecule has 0 amide bonds. The molecule has 0 aliphatic heterocycles. The normalized spacial score (nSPS) is 12.8. The quantitative estimate of drug-likeness (QED) is 0.844. The van der Waals surface area contributed by atoms with Gasteiger partial charge in [-0.2, -0.15) is 0 Å². The largest absolute Gasteiger partial charge is 0.383 e. The molecule has 1 aromatic carbocycles. The highest BCUT2D eigenvalue weighted by Gasteiger charge is 2.18. The van der Waals surface area contributed by atoms with Crippen LogP contribution in [0.5, 0.6) is 0 Å². The third-order valence-corrected chi connectivity index (χ3v) is 4.87. The average molecular weight is 336 g/mol. The van der Waals surface area contributed by atoms with Crippen molar-refractivity contribution < 1.29 is 9.50 Å². The molecule has 2 rings (SSSR count). The van der Waals surface area contributed by atoms with Crippen molar-refractivity contribution in [3.05, 3.63) is 54.9 Å². The van der Waals surface area contributed by atoms with Crippen molar-refractivity contribution in [3.8, 4) is 0 Å². The van der Waals surface area contributed by atoms with Gasteiger partial charge in [0.05, 0.1) is 8.81 Å². The Morgan fingerprint density at radius 2 is 2.18 bits per heavy atom. The van der Waals surface area contributed by atoms with Gasteiger partial charge in [-0.05, 0) is 40.5 Å². The fraction of sp³-hybridized carbons (Fsp3) is 0.167. The first kappa shape index (κ1) is 13.0. The molecule has 1 atom stereocenters. The highest BCUT2D eigenvalue weighted by molar-refractivity contribution is 9.10. The Morgan fingerprint density at radius 3 is 2.76 bits per heavy atom. The van der Waals surface area contributed by atoms with Gasteiger partial charge in [-0.25, -0.2) is 4.39 Å². The third kappa shape index (κ3) is 2.55. The van der Waals surface area contributed by atoms with Gasteiger partial charge in [-0.3, -0.25) is 0 Å². The van der Waals surface area contributed by atoms with Crippen molar-refractivity contribution in [2.75, 3.05) is 0 Å². The first-order chi connectivity index (χ1) is 8.00. The maximum atomic E-state index is 13.4. The molecule has 1 N–H and O–H groups in total. The van der Waals surface area contributed by atoms with Gasteiger partial charge in [0, 0.05) is 10.4 Å². The second-order valence-electron chi connectivity index (χ2n) is 3.65. The molecule has 1 aromatic heterocycles. The van der Waals surface area contributed by atoms with E-state index in [0.717, 1.165) is 5.56 Å². The summed E-state index contributed by atoms with van der Waals surface area (Å²) >= 11 is 10.4. The molecular formula is C12H9BrClFOS. The summed E-state index contributed by atoms with van der Waals surface area (Å²) in [5, 5.41) is 10.2. The molecule has 0 fully saturated rings. The Morgan fingerprint density at radius 1 is 1.47 bits per heavy atom. The van der Waals surface area contributed by atoms with E-state index in [1.54, 1.807) is 12.1 Å². The molecule has 0 aliphatic carbocycles. The van der Waals surface area contributed by atoms with Gasteiger partial charge in [0.15, 0.2) is 0 Å². The summed E-state index contributed by atoms with van der Waals surface area (Å²) in [6.07, 6.45) is -0.865. The number of rotatable bonds is 2. The van der Waals surface area contributed by atoms with E-state index in [4.69, 9.17) is 11.6 Å². The van der Waals surface area contributed by atoms with Crippen LogP contribution in [0.15, 0.2) is 28.7 Å². The molecular weight excluding hydrogens is 327 g/mol. The van der Waals surface area contributed by atoms with E-state index < -0.39 is 6.10 Å². The van der Waals surface area contributed by atoms with Gasteiger partial charge in [-0.1, -0.05) is 23.7 Å². The van der Waals surface area contributed by atoms with Crippen LogP contribution >= 0.6 is 38.9 Å². The fourth-order valence-electron chi connectivity index (χ4n) is 1.50. The van der Waals surface area contributed by atoms with E-state index in [1.165, 1.54) is 17.4 Å². The smallest absolute Gasteiger partial charge is 0.137 e. The van der Waals surface area contributed by atoms with Gasteiger partial charge >= 0.3 is 0 Å². The van der Waals surface area contributed by atoms with Crippen molar-refractivity contribution in [3.63, 3.8) is 0 Å². The van der Waals surface area contributed by atoms with E-state index in [0.29, 0.717) is 14.8 Å². The molecule has 1 nitrogen and oxygen atoms in total. The molecule has 2 aromatic rings. The van der Waals surface area contributed by atoms with Gasteiger partial charge < -0.3 is 5.11 Å². The second kappa shape index (κ2) is 5.06. The topological polar surface area (TPSA) is 20.2 Å². The number of halogens is 3. The van der Waals surface area contributed by atoms with Gasteiger partial charge in [0.2, 0.25) is 0 Å². The Kier molecular flexibility index (Phi) is 3.88. The molecule has 17 heavy (non-hydrogen) atoms. The van der Waals surface area contributed by atoms with Crippen LogP contribution in [0.2, 0.25) is 4.34 Å². The zero-order valence-electron chi connectivity index (χ0n) is 8.88. The summed E-state index contributed by atoms with van der Waals surface area (Å²) in [4.78, 5) is 0.707. The van der Waals surface area contributed by atoms with Crippen molar-refractivity contribution in [1.82, 2.24) is 0 Å². The number of benzene rings is 1. The number of hydrogen-bond acceptors (Lipinski definition) is 2. The molecule has 1 heterocycles. The Balaban J connectivity index is 2.43. The summed E-state index contributed by atoms with van der Waals surface area (Å²) in [5.41, 5.74) is 1.42. The number of thiophene rings is 1. The average Bonchev–Trinajstić information content (AvgIpc) is 2.62. The van der Waals surface area contributed by atoms with E-state index in [2.05, 4.69) is 15.9 Å². The zero-order valence-corrected chi connectivity index (χ0v) is 12.0. The number of aliphatic hydroxyl groups is 1. The number of aliphatic hydroxyl groups excluding tert-OH is 1. The summed E-state index contributed by atoms with van der Waals surface area (Å²) in [6, 6.07) is 6.41. The van der Waals surface area contributed by atoms with Crippen LogP contribution in [0.3, 0.4) is 0 Å². The predicted molar refractivity (Wildman–Crippen MR) is 72.2 cm³/mol. The van der Waals surface area contributed by atoms with Crippen LogP contribution in [-0.2, 0) is 0 Å². The SMILES string of the molecule is Cc1cc(C(O)c2cccc(F)c2Br)sc1Cl. The van der Waals surface area contributed by atoms with Crippen LogP contribution in [0.25, 0.3) is 0 Å². The van der Waals surface area contributed by atoms with Crippen LogP contribution in [-0.4, -0.2) is 5.11 Å². The zero-order chi connectivity index (χ0) is 12.6. The third-order valence-electron chi connectivity index (χ3n) is 2.42. The van der Waals surface area contributed by atoms with E-state index >= 15 is 0 Å². The molecule has 0 spiro atoms. The minimum absolute atomic E-state index is 0.287. The Labute approximate surface area is 116 Å². The first-order valence-corrected chi connectivity index (χ1v) is 6.87. The van der Waals surface area contributed by atoms with Crippen molar-refractivity contribution >= 4 is 38.9 Å². The lowest BCUT2D eigenvalue weighted by molar-refractivity contribution is 0.222. The molecule has 5 heteroatoms. The van der Waals surface area contributed by atoms with E-state index in [9.17, 15) is 9.50 Å². The summed E-state index contributed by atoms with van der Waals surface area (Å²) in [7, 11) is 0. The van der Waals surface area contributed by atoms with Crippen LogP contribution in [0.1, 0.15) is 22.1 Å². The number of aryl methyl sites for hydroxylation is 1. The summed E-state index contributed by atoms with van der Waals surface area (Å²) in [5.74, 6) is -0.388. The molecule has 0 bridgehead atoms. The van der Waals surface area contributed by atoms with Crippen molar-refractivity contribution in [2.45, 2.75) is 13.0 Å². The van der Waals surface area contributed by atoms with Crippen molar-refractivity contribution in [1.29, 1.82) is 0 Å². The summed E-state index contributed by atoms with van der Waals surface area (Å²) < 4.78 is 14.3. The van der Waals surface area contributed by atoms with Crippen molar-refractivity contribution in [2.24, 2.45) is 0 Å². The van der Waals surface area contributed by atoms with Crippen LogP contribution < -0.4 is 0 Å². The standard InChI is InChI=1S/C12H9BrClFOS/c1-6-5-9(17-12(6)14)11(16)7-3-2-4-8(15)10(7)13/h2-5,11,16H,1H3. The lowest BCUT2D eigenvalue weighted by atomic mass is 10.1. The highest BCUT2D eigenvalue weighted by Crippen LogP contribution is 2.36. The Hall–Kier alpha value is -0.420. The van der Waals surface area contributed by atoms with Crippen LogP contribution in [0, 0.1) is 12.7 Å². The van der Waals surface area contributed by atoms with E-state index in [1.807, 2.05) is 13.0 Å². The predicted octanol–water partition coefficient (Wildman–Crippen LogP) is 4.69. The molecule has 90 valence electrons. The van der Waals surface area contributed by atoms with Gasteiger partial charge in [-0.15, -0.1) is 11.3 Å². The number of hydrogen-bond donors (Lipinski definition) is 1. The maximum Gasteiger partial charge on any atom is 0.137 e. The Bertz CT molecular complexity index is 536. The minimum Gasteiger partial charge on any atom is -0.383 e. The van der Waals surface area contributed by atoms with Gasteiger partial charge in [0.1, 0.15) is 11.9 Å². The second-order valence-corrected chi connectivity index (χ2v) is 6.13. The molecule has 0 radical (unpaired) electrons. The monoisotopic (exact) mass is 334 g/mol. The lowest BCUT2D eigenvalue weighted by Crippen LogP contribution is -1.99. The van der Waals surface area contributed by atoms with E-state index in [-0.39, 0.29) is 10.3 Å². The van der Waals surface area contributed by atoms with Gasteiger partial charge in [0.25, 0.3) is 0 Å². The fourth-order valence-corrected chi connectivity index (χ4v) is 3.21. The molecule has 0 saturated carbocycles. The van der Waals surface area contributed by atoms with Crippen LogP contribution in [0.4, 0.5) is 4.39 Å². The lowest BCUT2D eigenvalue weighted by Gasteiger charge is -2.11. The molecule has 0 aliphatic rings.